The van der Waals surface area contributed by atoms with Crippen molar-refractivity contribution >= 4 is 17.5 Å². The third-order valence-electron chi connectivity index (χ3n) is 6.42. The summed E-state index contributed by atoms with van der Waals surface area (Å²) in [7, 11) is 3.13. The zero-order chi connectivity index (χ0) is 29.0. The topological polar surface area (TPSA) is 118 Å². The number of hydrogen-bond donors (Lipinski definition) is 1. The van der Waals surface area contributed by atoms with Crippen LogP contribution in [0, 0.1) is 0 Å². The van der Waals surface area contributed by atoms with Crippen molar-refractivity contribution < 1.29 is 43.2 Å². The van der Waals surface area contributed by atoms with E-state index in [0.717, 1.165) is 11.1 Å². The Hall–Kier alpha value is -3.59. The van der Waals surface area contributed by atoms with Crippen molar-refractivity contribution in [1.82, 2.24) is 0 Å². The second-order valence-corrected chi connectivity index (χ2v) is 10.7. The number of hydrogen-bond acceptors (Lipinski definition) is 9. The van der Waals surface area contributed by atoms with E-state index in [1.54, 1.807) is 38.5 Å². The van der Waals surface area contributed by atoms with E-state index in [2.05, 4.69) is 0 Å². The minimum Gasteiger partial charge on any atom is -0.496 e. The van der Waals surface area contributed by atoms with Crippen LogP contribution in [0.3, 0.4) is 0 Å². The van der Waals surface area contributed by atoms with Gasteiger partial charge >= 0.3 is 5.97 Å². The average molecular weight is 543 g/mol. The maximum absolute atomic E-state index is 12.2. The molecule has 0 spiro atoms. The molecule has 2 aliphatic heterocycles. The van der Waals surface area contributed by atoms with Gasteiger partial charge in [-0.25, -0.2) is 0 Å². The van der Waals surface area contributed by atoms with E-state index in [1.165, 1.54) is 6.92 Å². The number of aliphatic hydroxyl groups is 1. The summed E-state index contributed by atoms with van der Waals surface area (Å²) in [5.74, 6) is 2.17. The number of carbonyl (C=O) groups excluding carboxylic acids is 3. The van der Waals surface area contributed by atoms with Crippen molar-refractivity contribution in [3.05, 3.63) is 46.5 Å². The minimum absolute atomic E-state index is 0.00913. The molecule has 0 radical (unpaired) electrons. The Bertz CT molecular complexity index is 1240. The number of Topliss-reactive ketones (excluding diaryl/α,β-unsaturated/α-hetero) is 2. The lowest BCUT2D eigenvalue weighted by molar-refractivity contribution is -0.140. The molecule has 0 bridgehead atoms. The van der Waals surface area contributed by atoms with Crippen LogP contribution in [0.5, 0.6) is 23.0 Å². The van der Waals surface area contributed by atoms with Crippen molar-refractivity contribution in [1.29, 1.82) is 0 Å². The predicted molar refractivity (Wildman–Crippen MR) is 144 cm³/mol. The van der Waals surface area contributed by atoms with Crippen LogP contribution in [0.4, 0.5) is 0 Å². The van der Waals surface area contributed by atoms with Gasteiger partial charge in [0.2, 0.25) is 0 Å². The smallest absolute Gasteiger partial charge is 0.302 e. The maximum atomic E-state index is 12.2. The van der Waals surface area contributed by atoms with Crippen LogP contribution in [0.25, 0.3) is 0 Å². The summed E-state index contributed by atoms with van der Waals surface area (Å²) in [6, 6.07) is 6.96. The quantitative estimate of drug-likeness (QED) is 0.504. The second kappa shape index (κ2) is 12.1. The van der Waals surface area contributed by atoms with E-state index in [-0.39, 0.29) is 30.7 Å². The summed E-state index contributed by atoms with van der Waals surface area (Å²) in [5, 5.41) is 9.14. The third-order valence-corrected chi connectivity index (χ3v) is 6.42. The molecule has 0 saturated carbocycles. The fourth-order valence-corrected chi connectivity index (χ4v) is 4.74. The summed E-state index contributed by atoms with van der Waals surface area (Å²) < 4.78 is 27.5. The van der Waals surface area contributed by atoms with E-state index in [0.29, 0.717) is 59.8 Å². The van der Waals surface area contributed by atoms with E-state index < -0.39 is 11.2 Å². The first-order valence-electron chi connectivity index (χ1n) is 12.9. The summed E-state index contributed by atoms with van der Waals surface area (Å²) in [5.41, 5.74) is 1.61. The fourth-order valence-electron chi connectivity index (χ4n) is 4.74. The van der Waals surface area contributed by atoms with Gasteiger partial charge in [-0.3, -0.25) is 14.4 Å². The molecule has 4 rings (SSSR count). The van der Waals surface area contributed by atoms with Gasteiger partial charge in [0.1, 0.15) is 34.2 Å². The van der Waals surface area contributed by atoms with E-state index in [4.69, 9.17) is 28.8 Å². The molecule has 2 aromatic rings. The summed E-state index contributed by atoms with van der Waals surface area (Å²) >= 11 is 0. The zero-order valence-electron chi connectivity index (χ0n) is 23.8. The lowest BCUT2D eigenvalue weighted by atomic mass is 9.90. The molecular formula is C30H38O9. The molecule has 0 aliphatic carbocycles. The first kappa shape index (κ1) is 30.0. The summed E-state index contributed by atoms with van der Waals surface area (Å²) in [6.07, 6.45) is 1.56. The van der Waals surface area contributed by atoms with Gasteiger partial charge in [0.15, 0.2) is 11.6 Å². The van der Waals surface area contributed by atoms with Crippen LogP contribution < -0.4 is 18.9 Å². The van der Waals surface area contributed by atoms with Gasteiger partial charge in [0.05, 0.1) is 44.8 Å². The van der Waals surface area contributed by atoms with Crippen LogP contribution in [-0.4, -0.2) is 61.3 Å². The molecule has 39 heavy (non-hydrogen) atoms. The van der Waals surface area contributed by atoms with Crippen molar-refractivity contribution in [2.45, 2.75) is 71.5 Å². The maximum Gasteiger partial charge on any atom is 0.302 e. The van der Waals surface area contributed by atoms with Gasteiger partial charge in [0, 0.05) is 37.5 Å². The SMILES string of the molecule is COc1ccc2c(c1CCO)OC(C)(C)CC2=O.COc1ccc2c(c1CCOC(C)=O)OC(C)(C)CC2=O. The van der Waals surface area contributed by atoms with Crippen LogP contribution in [0.2, 0.25) is 0 Å². The Balaban J connectivity index is 0.000000218. The van der Waals surface area contributed by atoms with Crippen molar-refractivity contribution in [2.75, 3.05) is 27.4 Å². The lowest BCUT2D eigenvalue weighted by Crippen LogP contribution is -2.36. The highest BCUT2D eigenvalue weighted by atomic mass is 16.5. The molecule has 2 aromatic carbocycles. The number of rotatable bonds is 7. The molecular weight excluding hydrogens is 504 g/mol. The highest BCUT2D eigenvalue weighted by molar-refractivity contribution is 6.01. The third kappa shape index (κ3) is 7.09. The molecule has 2 heterocycles. The van der Waals surface area contributed by atoms with Gasteiger partial charge in [-0.2, -0.15) is 0 Å². The van der Waals surface area contributed by atoms with E-state index in [1.807, 2.05) is 27.7 Å². The van der Waals surface area contributed by atoms with Gasteiger partial charge in [-0.15, -0.1) is 0 Å². The molecule has 0 unspecified atom stereocenters. The van der Waals surface area contributed by atoms with Crippen molar-refractivity contribution in [2.24, 2.45) is 0 Å². The first-order chi connectivity index (χ1) is 18.3. The molecule has 0 fully saturated rings. The molecule has 0 saturated heterocycles. The zero-order valence-corrected chi connectivity index (χ0v) is 23.8. The van der Waals surface area contributed by atoms with Gasteiger partial charge < -0.3 is 28.8 Å². The van der Waals surface area contributed by atoms with E-state index >= 15 is 0 Å². The number of carbonyl (C=O) groups is 3. The Kier molecular flexibility index (Phi) is 9.27. The number of benzene rings is 2. The fraction of sp³-hybridized carbons (Fsp3) is 0.500. The van der Waals surface area contributed by atoms with Crippen LogP contribution >= 0.6 is 0 Å². The Labute approximate surface area is 229 Å². The molecule has 9 heteroatoms. The van der Waals surface area contributed by atoms with Crippen molar-refractivity contribution in [3.8, 4) is 23.0 Å². The minimum atomic E-state index is -0.549. The summed E-state index contributed by atoms with van der Waals surface area (Å²) in [4.78, 5) is 35.2. The molecule has 2 aliphatic rings. The highest BCUT2D eigenvalue weighted by Crippen LogP contribution is 2.41. The molecule has 0 aromatic heterocycles. The average Bonchev–Trinajstić information content (AvgIpc) is 2.83. The number of esters is 1. The van der Waals surface area contributed by atoms with Crippen molar-refractivity contribution in [3.63, 3.8) is 0 Å². The van der Waals surface area contributed by atoms with Gasteiger partial charge in [-0.1, -0.05) is 0 Å². The number of fused-ring (bicyclic) bond motifs is 2. The summed E-state index contributed by atoms with van der Waals surface area (Å²) in [6.45, 7) is 9.10. The standard InChI is InChI=1S/C16H20O5.C14H18O4/c1-10(17)20-8-7-12-14(19-4)6-5-11-13(18)9-16(2,3)21-15(11)12;1-14(2)8-11(16)9-4-5-12(17-3)10(6-7-15)13(9)18-14/h5-6H,7-9H2,1-4H3;4-5,15H,6-8H2,1-3H3. The van der Waals surface area contributed by atoms with Gasteiger partial charge in [-0.05, 0) is 52.0 Å². The first-order valence-corrected chi connectivity index (χ1v) is 12.9. The molecule has 1 N–H and O–H groups in total. The van der Waals surface area contributed by atoms with Crippen LogP contribution in [0.15, 0.2) is 24.3 Å². The molecule has 9 nitrogen and oxygen atoms in total. The predicted octanol–water partition coefficient (Wildman–Crippen LogP) is 4.52. The van der Waals surface area contributed by atoms with Crippen LogP contribution in [0.1, 0.15) is 79.3 Å². The second-order valence-electron chi connectivity index (χ2n) is 10.7. The molecule has 0 amide bonds. The monoisotopic (exact) mass is 542 g/mol. The number of methoxy groups -OCH3 is 2. The van der Waals surface area contributed by atoms with E-state index in [9.17, 15) is 14.4 Å². The van der Waals surface area contributed by atoms with Crippen LogP contribution in [-0.2, 0) is 22.4 Å². The largest absolute Gasteiger partial charge is 0.496 e. The Morgan fingerprint density at radius 2 is 1.26 bits per heavy atom. The molecule has 0 atom stereocenters. The Morgan fingerprint density at radius 1 is 0.821 bits per heavy atom. The highest BCUT2D eigenvalue weighted by Gasteiger charge is 2.36. The number of aliphatic hydroxyl groups excluding tert-OH is 1. The normalized spacial score (nSPS) is 16.4. The Morgan fingerprint density at radius 3 is 1.64 bits per heavy atom. The number of ketones is 2. The molecule has 212 valence electrons. The number of ether oxygens (including phenoxy) is 5. The lowest BCUT2D eigenvalue weighted by Gasteiger charge is -2.33. The van der Waals surface area contributed by atoms with Gasteiger partial charge in [0.25, 0.3) is 0 Å².